The quantitative estimate of drug-likeness (QED) is 0.622. The van der Waals surface area contributed by atoms with Gasteiger partial charge in [0.15, 0.2) is 0 Å². The average Bonchev–Trinajstić information content (AvgIpc) is 3.03. The summed E-state index contributed by atoms with van der Waals surface area (Å²) in [5.41, 5.74) is 4.93. The Morgan fingerprint density at radius 3 is 2.55 bits per heavy atom. The Balaban J connectivity index is 2.10. The summed E-state index contributed by atoms with van der Waals surface area (Å²) in [5.74, 6) is 0. The highest BCUT2D eigenvalue weighted by molar-refractivity contribution is 6.04. The summed E-state index contributed by atoms with van der Waals surface area (Å²) >= 11 is 0. The SMILES string of the molecule is C=C[C@@]1(C)CC[C@@]2(O)C3=C1C=C(C#N)C(C)(C)c1[nH]c4cccc(c4c13)C2(C)C. The van der Waals surface area contributed by atoms with Crippen LogP contribution in [-0.2, 0) is 10.8 Å². The molecule has 3 aliphatic carbocycles. The molecule has 148 valence electrons. The number of hydrogen-bond acceptors (Lipinski definition) is 2. The van der Waals surface area contributed by atoms with E-state index in [1.165, 1.54) is 10.9 Å². The van der Waals surface area contributed by atoms with Gasteiger partial charge < -0.3 is 10.1 Å². The zero-order valence-electron chi connectivity index (χ0n) is 17.9. The van der Waals surface area contributed by atoms with Crippen molar-refractivity contribution in [3.8, 4) is 6.07 Å². The third kappa shape index (κ3) is 1.87. The molecule has 3 heteroatoms. The molecule has 2 N–H and O–H groups in total. The van der Waals surface area contributed by atoms with Gasteiger partial charge in [-0.05, 0) is 55.5 Å². The largest absolute Gasteiger partial charge is 0.384 e. The molecule has 0 fully saturated rings. The lowest BCUT2D eigenvalue weighted by Crippen LogP contribution is -2.54. The highest BCUT2D eigenvalue weighted by Crippen LogP contribution is 2.63. The van der Waals surface area contributed by atoms with Gasteiger partial charge >= 0.3 is 0 Å². The first-order valence-corrected chi connectivity index (χ1v) is 10.4. The Kier molecular flexibility index (Phi) is 3.26. The Morgan fingerprint density at radius 1 is 1.17 bits per heavy atom. The zero-order valence-corrected chi connectivity index (χ0v) is 17.9. The smallest absolute Gasteiger partial charge is 0.0997 e. The highest BCUT2D eigenvalue weighted by Gasteiger charge is 2.58. The molecular formula is C26H28N2O. The molecule has 29 heavy (non-hydrogen) atoms. The summed E-state index contributed by atoms with van der Waals surface area (Å²) in [6.45, 7) is 14.8. The summed E-state index contributed by atoms with van der Waals surface area (Å²) < 4.78 is 0. The molecule has 5 rings (SSSR count). The third-order valence-electron chi connectivity index (χ3n) is 8.24. The van der Waals surface area contributed by atoms with Crippen LogP contribution >= 0.6 is 0 Å². The maximum Gasteiger partial charge on any atom is 0.0997 e. The van der Waals surface area contributed by atoms with Crippen molar-refractivity contribution >= 4 is 16.5 Å². The van der Waals surface area contributed by atoms with Crippen molar-refractivity contribution in [1.82, 2.24) is 4.98 Å². The number of nitrogens with one attached hydrogen (secondary N) is 1. The van der Waals surface area contributed by atoms with Crippen molar-refractivity contribution < 1.29 is 5.11 Å². The molecule has 1 aromatic carbocycles. The van der Waals surface area contributed by atoms with Crippen LogP contribution < -0.4 is 0 Å². The second kappa shape index (κ2) is 5.12. The molecule has 0 saturated heterocycles. The molecule has 0 aliphatic heterocycles. The molecule has 2 aromatic rings. The predicted octanol–water partition coefficient (Wildman–Crippen LogP) is 5.67. The van der Waals surface area contributed by atoms with Gasteiger partial charge in [-0.25, -0.2) is 0 Å². The van der Waals surface area contributed by atoms with Gasteiger partial charge in [0.25, 0.3) is 0 Å². The van der Waals surface area contributed by atoms with Gasteiger partial charge in [0.2, 0.25) is 0 Å². The number of aliphatic hydroxyl groups is 1. The van der Waals surface area contributed by atoms with Crippen molar-refractivity contribution in [3.05, 3.63) is 64.9 Å². The van der Waals surface area contributed by atoms with Crippen LogP contribution in [0.25, 0.3) is 16.5 Å². The van der Waals surface area contributed by atoms with Gasteiger partial charge in [-0.1, -0.05) is 39.0 Å². The first kappa shape index (κ1) is 18.5. The molecule has 2 atom stereocenters. The van der Waals surface area contributed by atoms with Gasteiger partial charge in [-0.3, -0.25) is 0 Å². The Labute approximate surface area is 172 Å². The number of aromatic nitrogens is 1. The van der Waals surface area contributed by atoms with Crippen molar-refractivity contribution in [2.24, 2.45) is 5.41 Å². The Bertz CT molecular complexity index is 1210. The number of allylic oxidation sites excluding steroid dienone is 4. The molecule has 3 aliphatic rings. The lowest BCUT2D eigenvalue weighted by molar-refractivity contribution is 0.00718. The fourth-order valence-electron chi connectivity index (χ4n) is 5.97. The molecule has 0 unspecified atom stereocenters. The van der Waals surface area contributed by atoms with Gasteiger partial charge in [-0.2, -0.15) is 5.26 Å². The van der Waals surface area contributed by atoms with E-state index in [-0.39, 0.29) is 5.41 Å². The maximum absolute atomic E-state index is 12.3. The summed E-state index contributed by atoms with van der Waals surface area (Å²) in [5, 5.41) is 23.6. The van der Waals surface area contributed by atoms with E-state index in [9.17, 15) is 10.4 Å². The van der Waals surface area contributed by atoms with E-state index in [1.807, 2.05) is 12.2 Å². The van der Waals surface area contributed by atoms with Crippen LogP contribution in [0.15, 0.2) is 48.1 Å². The molecule has 0 saturated carbocycles. The Morgan fingerprint density at radius 2 is 1.90 bits per heavy atom. The normalized spacial score (nSPS) is 31.1. The summed E-state index contributed by atoms with van der Waals surface area (Å²) in [4.78, 5) is 3.65. The second-order valence-corrected chi connectivity index (χ2v) is 10.3. The van der Waals surface area contributed by atoms with Gasteiger partial charge in [0.1, 0.15) is 0 Å². The summed E-state index contributed by atoms with van der Waals surface area (Å²) in [6, 6.07) is 8.80. The molecule has 3 nitrogen and oxygen atoms in total. The van der Waals surface area contributed by atoms with Crippen LogP contribution in [0.1, 0.15) is 64.3 Å². The summed E-state index contributed by atoms with van der Waals surface area (Å²) in [7, 11) is 0. The monoisotopic (exact) mass is 384 g/mol. The van der Waals surface area contributed by atoms with E-state index in [4.69, 9.17) is 0 Å². The second-order valence-electron chi connectivity index (χ2n) is 10.3. The number of aromatic amines is 1. The van der Waals surface area contributed by atoms with Crippen molar-refractivity contribution in [3.63, 3.8) is 0 Å². The van der Waals surface area contributed by atoms with Crippen LogP contribution in [0.5, 0.6) is 0 Å². The topological polar surface area (TPSA) is 59.8 Å². The van der Waals surface area contributed by atoms with Crippen molar-refractivity contribution in [2.75, 3.05) is 0 Å². The number of rotatable bonds is 1. The van der Waals surface area contributed by atoms with Crippen LogP contribution in [0, 0.1) is 16.7 Å². The predicted molar refractivity (Wildman–Crippen MR) is 117 cm³/mol. The highest BCUT2D eigenvalue weighted by atomic mass is 16.3. The minimum absolute atomic E-state index is 0.284. The van der Waals surface area contributed by atoms with Crippen LogP contribution in [0.2, 0.25) is 0 Å². The number of hydrogen-bond donors (Lipinski definition) is 2. The Hall–Kier alpha value is -2.57. The molecule has 1 heterocycles. The minimum Gasteiger partial charge on any atom is -0.384 e. The van der Waals surface area contributed by atoms with E-state index in [0.717, 1.165) is 34.3 Å². The van der Waals surface area contributed by atoms with Crippen LogP contribution in [0.4, 0.5) is 0 Å². The molecule has 0 spiro atoms. The number of benzene rings is 1. The molecule has 0 amide bonds. The van der Waals surface area contributed by atoms with E-state index in [2.05, 4.69) is 70.4 Å². The summed E-state index contributed by atoms with van der Waals surface area (Å²) in [6.07, 6.45) is 5.51. The molecule has 0 radical (unpaired) electrons. The van der Waals surface area contributed by atoms with E-state index in [1.54, 1.807) is 0 Å². The fourth-order valence-corrected chi connectivity index (χ4v) is 5.97. The number of nitrogens with zero attached hydrogens (tertiary/aromatic N) is 1. The van der Waals surface area contributed by atoms with Gasteiger partial charge in [0, 0.05) is 44.0 Å². The van der Waals surface area contributed by atoms with Crippen molar-refractivity contribution in [1.29, 1.82) is 5.26 Å². The minimum atomic E-state index is -0.999. The van der Waals surface area contributed by atoms with Gasteiger partial charge in [0.05, 0.1) is 11.7 Å². The van der Waals surface area contributed by atoms with Crippen LogP contribution in [0.3, 0.4) is 0 Å². The zero-order chi connectivity index (χ0) is 21.0. The lowest BCUT2D eigenvalue weighted by Gasteiger charge is -2.54. The van der Waals surface area contributed by atoms with Crippen LogP contribution in [-0.4, -0.2) is 15.7 Å². The third-order valence-corrected chi connectivity index (χ3v) is 8.24. The first-order chi connectivity index (χ1) is 13.5. The molecule has 1 aromatic heterocycles. The van der Waals surface area contributed by atoms with E-state index in [0.29, 0.717) is 12.0 Å². The first-order valence-electron chi connectivity index (χ1n) is 10.4. The average molecular weight is 385 g/mol. The number of H-pyrrole nitrogens is 1. The fraction of sp³-hybridized carbons (Fsp3) is 0.423. The van der Waals surface area contributed by atoms with E-state index < -0.39 is 16.4 Å². The van der Waals surface area contributed by atoms with E-state index >= 15 is 0 Å². The molecule has 0 bridgehead atoms. The lowest BCUT2D eigenvalue weighted by atomic mass is 9.52. The van der Waals surface area contributed by atoms with Crippen molar-refractivity contribution in [2.45, 2.75) is 63.9 Å². The maximum atomic E-state index is 12.3. The standard InChI is InChI=1S/C26H28N2O/c1-7-25(6)11-12-26(29)21-17(25)13-15(14-27)23(2,3)22-20(21)19-16(24(26,4)5)9-8-10-18(19)28-22/h7-10,13,28-29H,1,11-12H2,2-6H3/t25-,26+/m0/s1. The number of nitriles is 1. The van der Waals surface area contributed by atoms with Gasteiger partial charge in [-0.15, -0.1) is 6.58 Å². The molecular weight excluding hydrogens is 356 g/mol.